The van der Waals surface area contributed by atoms with Gasteiger partial charge < -0.3 is 14.9 Å². The lowest BCUT2D eigenvalue weighted by atomic mass is 10.1. The molecule has 0 fully saturated rings. The highest BCUT2D eigenvalue weighted by Crippen LogP contribution is 2.15. The Balaban J connectivity index is 2.04. The molecule has 0 aliphatic rings. The van der Waals surface area contributed by atoms with Crippen LogP contribution in [0.4, 0.5) is 0 Å². The smallest absolute Gasteiger partial charge is 0.251 e. The molecule has 0 spiro atoms. The maximum absolute atomic E-state index is 11.8. The number of rotatable bonds is 3. The summed E-state index contributed by atoms with van der Waals surface area (Å²) in [6.45, 7) is 2.08. The highest BCUT2D eigenvalue weighted by atomic mass is 16.5. The lowest BCUT2D eigenvalue weighted by molar-refractivity contribution is 0.0949. The molecule has 1 aromatic heterocycles. The van der Waals surface area contributed by atoms with E-state index in [1.165, 1.54) is 12.3 Å². The van der Waals surface area contributed by atoms with Gasteiger partial charge in [-0.25, -0.2) is 0 Å². The van der Waals surface area contributed by atoms with Crippen molar-refractivity contribution in [2.45, 2.75) is 13.5 Å². The molecule has 5 nitrogen and oxygen atoms in total. The Morgan fingerprint density at radius 3 is 2.94 bits per heavy atom. The number of carbonyl (C=O) groups is 1. The van der Waals surface area contributed by atoms with E-state index in [9.17, 15) is 9.90 Å². The van der Waals surface area contributed by atoms with E-state index >= 15 is 0 Å². The SMILES string of the molecule is Cc1cc(O)ccc1C(=O)NCc1ccon1. The summed E-state index contributed by atoms with van der Waals surface area (Å²) < 4.78 is 4.66. The number of nitrogens with one attached hydrogen (secondary N) is 1. The monoisotopic (exact) mass is 232 g/mol. The third kappa shape index (κ3) is 2.63. The number of carbonyl (C=O) groups excluding carboxylic acids is 1. The van der Waals surface area contributed by atoms with Gasteiger partial charge in [-0.05, 0) is 30.7 Å². The van der Waals surface area contributed by atoms with Crippen LogP contribution >= 0.6 is 0 Å². The summed E-state index contributed by atoms with van der Waals surface area (Å²) in [6, 6.07) is 6.30. The van der Waals surface area contributed by atoms with Crippen LogP contribution in [0.2, 0.25) is 0 Å². The van der Waals surface area contributed by atoms with E-state index in [0.29, 0.717) is 17.8 Å². The maximum atomic E-state index is 11.8. The maximum Gasteiger partial charge on any atom is 0.251 e. The highest BCUT2D eigenvalue weighted by molar-refractivity contribution is 5.95. The summed E-state index contributed by atoms with van der Waals surface area (Å²) in [5.74, 6) is -0.0546. The fourth-order valence-electron chi connectivity index (χ4n) is 1.50. The average Bonchev–Trinajstić information content (AvgIpc) is 2.78. The van der Waals surface area contributed by atoms with Gasteiger partial charge in [0, 0.05) is 11.6 Å². The second-order valence-electron chi connectivity index (χ2n) is 3.67. The van der Waals surface area contributed by atoms with Crippen molar-refractivity contribution in [2.75, 3.05) is 0 Å². The molecule has 1 aromatic carbocycles. The second-order valence-corrected chi connectivity index (χ2v) is 3.67. The van der Waals surface area contributed by atoms with E-state index in [-0.39, 0.29) is 11.7 Å². The van der Waals surface area contributed by atoms with Gasteiger partial charge in [-0.2, -0.15) is 0 Å². The van der Waals surface area contributed by atoms with Gasteiger partial charge in [0.1, 0.15) is 17.7 Å². The molecule has 17 heavy (non-hydrogen) atoms. The number of aryl methyl sites for hydroxylation is 1. The van der Waals surface area contributed by atoms with E-state index in [4.69, 9.17) is 0 Å². The lowest BCUT2D eigenvalue weighted by Gasteiger charge is -2.06. The minimum Gasteiger partial charge on any atom is -0.508 e. The van der Waals surface area contributed by atoms with Crippen molar-refractivity contribution < 1.29 is 14.4 Å². The number of hydrogen-bond donors (Lipinski definition) is 2. The molecule has 0 radical (unpaired) electrons. The lowest BCUT2D eigenvalue weighted by Crippen LogP contribution is -2.23. The molecule has 0 saturated carbocycles. The Bertz CT molecular complexity index is 521. The largest absolute Gasteiger partial charge is 0.508 e. The quantitative estimate of drug-likeness (QED) is 0.843. The predicted octanol–water partition coefficient (Wildman–Crippen LogP) is 1.62. The number of hydrogen-bond acceptors (Lipinski definition) is 4. The van der Waals surface area contributed by atoms with Crippen LogP contribution in [-0.2, 0) is 6.54 Å². The molecule has 2 aromatic rings. The first-order valence-electron chi connectivity index (χ1n) is 5.14. The van der Waals surface area contributed by atoms with Crippen molar-refractivity contribution >= 4 is 5.91 Å². The first-order chi connectivity index (χ1) is 8.16. The summed E-state index contributed by atoms with van der Waals surface area (Å²) in [5.41, 5.74) is 1.92. The number of aromatic hydroxyl groups is 1. The van der Waals surface area contributed by atoms with Crippen LogP contribution in [0.5, 0.6) is 5.75 Å². The summed E-state index contributed by atoms with van der Waals surface area (Å²) in [7, 11) is 0. The summed E-state index contributed by atoms with van der Waals surface area (Å²) in [4.78, 5) is 11.8. The van der Waals surface area contributed by atoms with Gasteiger partial charge in [-0.1, -0.05) is 5.16 Å². The minimum atomic E-state index is -0.203. The zero-order chi connectivity index (χ0) is 12.3. The average molecular weight is 232 g/mol. The number of benzene rings is 1. The van der Waals surface area contributed by atoms with Crippen LogP contribution in [0.3, 0.4) is 0 Å². The Morgan fingerprint density at radius 1 is 1.47 bits per heavy atom. The molecule has 0 aliphatic heterocycles. The van der Waals surface area contributed by atoms with Crippen molar-refractivity contribution in [3.8, 4) is 5.75 Å². The third-order valence-corrected chi connectivity index (χ3v) is 2.38. The van der Waals surface area contributed by atoms with Crippen LogP contribution in [0.15, 0.2) is 35.1 Å². The molecule has 0 saturated heterocycles. The van der Waals surface area contributed by atoms with E-state index in [1.54, 1.807) is 25.1 Å². The number of aromatic nitrogens is 1. The van der Waals surface area contributed by atoms with Crippen molar-refractivity contribution in [2.24, 2.45) is 0 Å². The standard InChI is InChI=1S/C12H12N2O3/c1-8-6-10(15)2-3-11(8)12(16)13-7-9-4-5-17-14-9/h2-6,15H,7H2,1H3,(H,13,16). The molecule has 0 bridgehead atoms. The van der Waals surface area contributed by atoms with Crippen LogP contribution in [0.1, 0.15) is 21.6 Å². The predicted molar refractivity (Wildman–Crippen MR) is 60.5 cm³/mol. The van der Waals surface area contributed by atoms with Crippen LogP contribution < -0.4 is 5.32 Å². The Labute approximate surface area is 98.1 Å². The molecule has 1 amide bonds. The van der Waals surface area contributed by atoms with Crippen molar-refractivity contribution in [3.63, 3.8) is 0 Å². The van der Waals surface area contributed by atoms with Gasteiger partial charge in [0.15, 0.2) is 0 Å². The van der Waals surface area contributed by atoms with Crippen LogP contribution in [0.25, 0.3) is 0 Å². The zero-order valence-corrected chi connectivity index (χ0v) is 9.30. The third-order valence-electron chi connectivity index (χ3n) is 2.38. The number of phenols is 1. The normalized spacial score (nSPS) is 10.2. The molecule has 88 valence electrons. The van der Waals surface area contributed by atoms with Gasteiger partial charge in [-0.15, -0.1) is 0 Å². The highest BCUT2D eigenvalue weighted by Gasteiger charge is 2.09. The number of phenolic OH excluding ortho intramolecular Hbond substituents is 1. The summed E-state index contributed by atoms with van der Waals surface area (Å²) >= 11 is 0. The number of nitrogens with zero attached hydrogens (tertiary/aromatic N) is 1. The van der Waals surface area contributed by atoms with Gasteiger partial charge in [0.05, 0.1) is 6.54 Å². The molecule has 0 unspecified atom stereocenters. The number of amides is 1. The van der Waals surface area contributed by atoms with Crippen molar-refractivity contribution in [3.05, 3.63) is 47.3 Å². The molecule has 1 heterocycles. The summed E-state index contributed by atoms with van der Waals surface area (Å²) in [6.07, 6.45) is 1.45. The van der Waals surface area contributed by atoms with Gasteiger partial charge in [0.2, 0.25) is 0 Å². The van der Waals surface area contributed by atoms with E-state index < -0.39 is 0 Å². The van der Waals surface area contributed by atoms with E-state index in [2.05, 4.69) is 15.0 Å². The Kier molecular flexibility index (Phi) is 3.09. The van der Waals surface area contributed by atoms with E-state index in [0.717, 1.165) is 5.56 Å². The Morgan fingerprint density at radius 2 is 2.29 bits per heavy atom. The fraction of sp³-hybridized carbons (Fsp3) is 0.167. The molecular weight excluding hydrogens is 220 g/mol. The molecule has 2 rings (SSSR count). The van der Waals surface area contributed by atoms with Crippen molar-refractivity contribution in [1.82, 2.24) is 10.5 Å². The minimum absolute atomic E-state index is 0.149. The van der Waals surface area contributed by atoms with Gasteiger partial charge in [-0.3, -0.25) is 4.79 Å². The molecule has 2 N–H and O–H groups in total. The second kappa shape index (κ2) is 4.69. The Hall–Kier alpha value is -2.30. The molecule has 5 heteroatoms. The van der Waals surface area contributed by atoms with E-state index in [1.807, 2.05) is 0 Å². The summed E-state index contributed by atoms with van der Waals surface area (Å²) in [5, 5.41) is 15.7. The molecule has 0 atom stereocenters. The van der Waals surface area contributed by atoms with Crippen molar-refractivity contribution in [1.29, 1.82) is 0 Å². The zero-order valence-electron chi connectivity index (χ0n) is 9.30. The van der Waals surface area contributed by atoms with Gasteiger partial charge in [0.25, 0.3) is 5.91 Å². The first kappa shape index (κ1) is 11.2. The molecule has 0 aliphatic carbocycles. The molecular formula is C12H12N2O3. The fourth-order valence-corrected chi connectivity index (χ4v) is 1.50. The van der Waals surface area contributed by atoms with Crippen LogP contribution in [0, 0.1) is 6.92 Å². The van der Waals surface area contributed by atoms with Crippen LogP contribution in [-0.4, -0.2) is 16.2 Å². The first-order valence-corrected chi connectivity index (χ1v) is 5.14. The van der Waals surface area contributed by atoms with Gasteiger partial charge >= 0.3 is 0 Å². The topological polar surface area (TPSA) is 75.4 Å².